The molecule has 0 aliphatic heterocycles. The van der Waals surface area contributed by atoms with Gasteiger partial charge in [-0.15, -0.1) is 0 Å². The molecule has 0 saturated heterocycles. The Morgan fingerprint density at radius 3 is 2.43 bits per heavy atom. The first-order valence-electron chi connectivity index (χ1n) is 3.60. The number of carboxylic acid groups (broad SMARTS) is 1. The van der Waals surface area contributed by atoms with E-state index in [9.17, 15) is 18.0 Å². The first-order chi connectivity index (χ1) is 6.30. The van der Waals surface area contributed by atoms with Crippen molar-refractivity contribution in [3.8, 4) is 0 Å². The van der Waals surface area contributed by atoms with Crippen molar-refractivity contribution in [1.82, 2.24) is 4.98 Å². The quantitative estimate of drug-likeness (QED) is 0.763. The molecule has 1 aromatic rings. The summed E-state index contributed by atoms with van der Waals surface area (Å²) >= 11 is 0. The average Bonchev–Trinajstić information content (AvgIpc) is 2.01. The van der Waals surface area contributed by atoms with Crippen molar-refractivity contribution in [2.45, 2.75) is 13.1 Å². The van der Waals surface area contributed by atoms with Crippen LogP contribution in [0.5, 0.6) is 0 Å². The number of pyridine rings is 1. The van der Waals surface area contributed by atoms with Crippen LogP contribution < -0.4 is 0 Å². The van der Waals surface area contributed by atoms with E-state index in [0.29, 0.717) is 6.07 Å². The third-order valence-corrected chi connectivity index (χ3v) is 1.50. The first-order valence-corrected chi connectivity index (χ1v) is 3.60. The Morgan fingerprint density at radius 2 is 2.00 bits per heavy atom. The van der Waals surface area contributed by atoms with Crippen molar-refractivity contribution in [3.05, 3.63) is 29.1 Å². The zero-order valence-corrected chi connectivity index (χ0v) is 7.09. The van der Waals surface area contributed by atoms with Crippen molar-refractivity contribution in [2.75, 3.05) is 0 Å². The molecular formula is C8H6F3NO2. The van der Waals surface area contributed by atoms with Crippen LogP contribution in [-0.4, -0.2) is 16.1 Å². The molecule has 0 fully saturated rings. The fourth-order valence-electron chi connectivity index (χ4n) is 0.942. The fraction of sp³-hybridized carbons (Fsp3) is 0.250. The molecule has 0 aliphatic carbocycles. The van der Waals surface area contributed by atoms with E-state index in [1.54, 1.807) is 0 Å². The highest BCUT2D eigenvalue weighted by Gasteiger charge is 2.31. The normalized spacial score (nSPS) is 11.4. The Kier molecular flexibility index (Phi) is 2.46. The van der Waals surface area contributed by atoms with Gasteiger partial charge in [0.05, 0.1) is 5.56 Å². The monoisotopic (exact) mass is 205 g/mol. The van der Waals surface area contributed by atoms with E-state index in [0.717, 1.165) is 6.07 Å². The van der Waals surface area contributed by atoms with E-state index >= 15 is 0 Å². The molecule has 0 radical (unpaired) electrons. The molecule has 1 rings (SSSR count). The van der Waals surface area contributed by atoms with Gasteiger partial charge in [-0.2, -0.15) is 13.2 Å². The lowest BCUT2D eigenvalue weighted by atomic mass is 10.2. The van der Waals surface area contributed by atoms with Crippen molar-refractivity contribution < 1.29 is 23.1 Å². The van der Waals surface area contributed by atoms with Crippen LogP contribution in [0.15, 0.2) is 12.1 Å². The summed E-state index contributed by atoms with van der Waals surface area (Å²) in [5.41, 5.74) is -1.57. The van der Waals surface area contributed by atoms with E-state index in [2.05, 4.69) is 4.98 Å². The van der Waals surface area contributed by atoms with Gasteiger partial charge in [0.25, 0.3) is 0 Å². The van der Waals surface area contributed by atoms with Crippen LogP contribution in [0.4, 0.5) is 13.2 Å². The Bertz CT molecular complexity index is 373. The topological polar surface area (TPSA) is 50.2 Å². The molecule has 3 nitrogen and oxygen atoms in total. The predicted octanol–water partition coefficient (Wildman–Crippen LogP) is 2.11. The number of nitrogens with zero attached hydrogens (tertiary/aromatic N) is 1. The van der Waals surface area contributed by atoms with Crippen molar-refractivity contribution >= 4 is 5.97 Å². The van der Waals surface area contributed by atoms with E-state index in [1.165, 1.54) is 6.92 Å². The number of hydrogen-bond acceptors (Lipinski definition) is 2. The number of aromatic nitrogens is 1. The number of carbonyl (C=O) groups is 1. The van der Waals surface area contributed by atoms with Crippen LogP contribution in [0.1, 0.15) is 21.7 Å². The second kappa shape index (κ2) is 3.28. The molecule has 1 aromatic heterocycles. The second-order valence-electron chi connectivity index (χ2n) is 2.69. The number of halogens is 3. The molecule has 0 amide bonds. The highest BCUT2D eigenvalue weighted by atomic mass is 19.4. The van der Waals surface area contributed by atoms with Crippen LogP contribution in [-0.2, 0) is 6.18 Å². The molecule has 0 bridgehead atoms. The van der Waals surface area contributed by atoms with Crippen molar-refractivity contribution in [2.24, 2.45) is 0 Å². The Balaban J connectivity index is 3.28. The van der Waals surface area contributed by atoms with E-state index in [-0.39, 0.29) is 5.69 Å². The van der Waals surface area contributed by atoms with Gasteiger partial charge in [0.15, 0.2) is 0 Å². The van der Waals surface area contributed by atoms with Gasteiger partial charge in [0, 0.05) is 5.69 Å². The summed E-state index contributed by atoms with van der Waals surface area (Å²) in [6, 6.07) is 1.31. The zero-order chi connectivity index (χ0) is 10.9. The number of alkyl halides is 3. The summed E-state index contributed by atoms with van der Waals surface area (Å²) in [7, 11) is 0. The third kappa shape index (κ3) is 2.21. The number of hydrogen-bond donors (Lipinski definition) is 1. The van der Waals surface area contributed by atoms with Crippen LogP contribution in [0.3, 0.4) is 0 Å². The molecule has 1 heterocycles. The Hall–Kier alpha value is -1.59. The zero-order valence-electron chi connectivity index (χ0n) is 7.09. The summed E-state index contributed by atoms with van der Waals surface area (Å²) in [4.78, 5) is 13.8. The molecule has 0 saturated carbocycles. The predicted molar refractivity (Wildman–Crippen MR) is 40.9 cm³/mol. The summed E-state index contributed by atoms with van der Waals surface area (Å²) in [6.45, 7) is 1.31. The molecule has 76 valence electrons. The van der Waals surface area contributed by atoms with E-state index in [4.69, 9.17) is 5.11 Å². The standard InChI is InChI=1S/C8H6F3NO2/c1-4-2-5(8(9,10)11)3-6(12-4)7(13)14/h2-3H,1H3,(H,13,14). The number of rotatable bonds is 1. The van der Waals surface area contributed by atoms with Crippen LogP contribution in [0.2, 0.25) is 0 Å². The van der Waals surface area contributed by atoms with Crippen LogP contribution in [0.25, 0.3) is 0 Å². The molecule has 14 heavy (non-hydrogen) atoms. The lowest BCUT2D eigenvalue weighted by Crippen LogP contribution is -2.10. The van der Waals surface area contributed by atoms with Gasteiger partial charge < -0.3 is 5.11 Å². The summed E-state index contributed by atoms with van der Waals surface area (Å²) in [6.07, 6.45) is -4.54. The minimum absolute atomic E-state index is 0.0252. The van der Waals surface area contributed by atoms with Gasteiger partial charge in [0.1, 0.15) is 5.69 Å². The van der Waals surface area contributed by atoms with E-state index < -0.39 is 23.4 Å². The smallest absolute Gasteiger partial charge is 0.416 e. The Morgan fingerprint density at radius 1 is 1.43 bits per heavy atom. The largest absolute Gasteiger partial charge is 0.477 e. The second-order valence-corrected chi connectivity index (χ2v) is 2.69. The summed E-state index contributed by atoms with van der Waals surface area (Å²) in [5, 5.41) is 8.47. The van der Waals surface area contributed by atoms with Gasteiger partial charge in [-0.25, -0.2) is 9.78 Å². The minimum atomic E-state index is -4.54. The molecule has 0 aromatic carbocycles. The SMILES string of the molecule is Cc1cc(C(F)(F)F)cc(C(=O)O)n1. The lowest BCUT2D eigenvalue weighted by molar-refractivity contribution is -0.137. The molecule has 0 unspecified atom stereocenters. The number of aromatic carboxylic acids is 1. The maximum atomic E-state index is 12.2. The van der Waals surface area contributed by atoms with Crippen LogP contribution in [0, 0.1) is 6.92 Å². The minimum Gasteiger partial charge on any atom is -0.477 e. The molecule has 0 aliphatic rings. The average molecular weight is 205 g/mol. The molecule has 1 N–H and O–H groups in total. The number of carboxylic acids is 1. The van der Waals surface area contributed by atoms with E-state index in [1.807, 2.05) is 0 Å². The summed E-state index contributed by atoms with van der Waals surface area (Å²) in [5.74, 6) is -1.47. The maximum absolute atomic E-state index is 12.2. The van der Waals surface area contributed by atoms with Crippen molar-refractivity contribution in [3.63, 3.8) is 0 Å². The van der Waals surface area contributed by atoms with Gasteiger partial charge >= 0.3 is 12.1 Å². The van der Waals surface area contributed by atoms with Crippen LogP contribution >= 0.6 is 0 Å². The maximum Gasteiger partial charge on any atom is 0.416 e. The molecule has 0 spiro atoms. The first kappa shape index (κ1) is 10.5. The summed E-state index contributed by atoms with van der Waals surface area (Å²) < 4.78 is 36.6. The number of aryl methyl sites for hydroxylation is 1. The van der Waals surface area contributed by atoms with Gasteiger partial charge in [-0.1, -0.05) is 0 Å². The van der Waals surface area contributed by atoms with Gasteiger partial charge in [-0.05, 0) is 19.1 Å². The molecule has 0 atom stereocenters. The Labute approximate surface area is 77.2 Å². The van der Waals surface area contributed by atoms with Crippen molar-refractivity contribution in [1.29, 1.82) is 0 Å². The third-order valence-electron chi connectivity index (χ3n) is 1.50. The lowest BCUT2D eigenvalue weighted by Gasteiger charge is -2.07. The van der Waals surface area contributed by atoms with Gasteiger partial charge in [-0.3, -0.25) is 0 Å². The van der Waals surface area contributed by atoms with Gasteiger partial charge in [0.2, 0.25) is 0 Å². The highest BCUT2D eigenvalue weighted by Crippen LogP contribution is 2.29. The fourth-order valence-corrected chi connectivity index (χ4v) is 0.942. The molecular weight excluding hydrogens is 199 g/mol. The highest BCUT2D eigenvalue weighted by molar-refractivity contribution is 5.85. The molecule has 6 heteroatoms.